The highest BCUT2D eigenvalue weighted by Crippen LogP contribution is 2.53. The molecule has 0 bridgehead atoms. The number of phosphoric ester groups is 1. The van der Waals surface area contributed by atoms with Crippen molar-refractivity contribution in [1.82, 2.24) is 0 Å². The van der Waals surface area contributed by atoms with Crippen molar-refractivity contribution in [2.75, 3.05) is 20.4 Å². The summed E-state index contributed by atoms with van der Waals surface area (Å²) in [5.74, 6) is -0.145. The molecule has 7 atom stereocenters. The van der Waals surface area contributed by atoms with Gasteiger partial charge in [0.25, 0.3) is 0 Å². The minimum atomic E-state index is -4.30. The Morgan fingerprint density at radius 3 is 2.39 bits per heavy atom. The van der Waals surface area contributed by atoms with E-state index in [0.717, 1.165) is 0 Å². The highest BCUT2D eigenvalue weighted by Gasteiger charge is 2.46. The van der Waals surface area contributed by atoms with Gasteiger partial charge in [-0.15, -0.1) is 12.6 Å². The lowest BCUT2D eigenvalue weighted by molar-refractivity contribution is -0.0139. The highest BCUT2D eigenvalue weighted by molar-refractivity contribution is 7.81. The predicted molar refractivity (Wildman–Crippen MR) is 91.7 cm³/mol. The van der Waals surface area contributed by atoms with Crippen molar-refractivity contribution >= 4 is 35.9 Å². The summed E-state index contributed by atoms with van der Waals surface area (Å²) in [5.41, 5.74) is -0.768. The van der Waals surface area contributed by atoms with Gasteiger partial charge in [-0.25, -0.2) is 4.57 Å². The van der Waals surface area contributed by atoms with Gasteiger partial charge in [0.2, 0.25) is 0 Å². The topological polar surface area (TPSA) is 112 Å². The molecule has 8 nitrogen and oxygen atoms in total. The number of rotatable bonds is 9. The number of hydrogen-bond donors (Lipinski definition) is 3. The van der Waals surface area contributed by atoms with Crippen LogP contribution in [0.25, 0.3) is 0 Å². The van der Waals surface area contributed by atoms with Gasteiger partial charge < -0.3 is 19.0 Å². The third kappa shape index (κ3) is 6.80. The van der Waals surface area contributed by atoms with E-state index < -0.39 is 33.1 Å². The molecule has 0 amide bonds. The Balaban J connectivity index is 2.83. The van der Waals surface area contributed by atoms with E-state index in [-0.39, 0.29) is 17.9 Å². The molecule has 1 saturated carbocycles. The lowest BCUT2D eigenvalue weighted by atomic mass is 9.83. The van der Waals surface area contributed by atoms with Crippen molar-refractivity contribution in [2.45, 2.75) is 43.2 Å². The molecule has 1 aliphatic carbocycles. The molecule has 2 N–H and O–H groups in total. The van der Waals surface area contributed by atoms with Crippen LogP contribution in [-0.4, -0.2) is 55.7 Å². The first kappa shape index (κ1) is 21.7. The minimum absolute atomic E-state index is 0.0588. The fourth-order valence-electron chi connectivity index (χ4n) is 2.92. The fourth-order valence-corrected chi connectivity index (χ4v) is 5.16. The summed E-state index contributed by atoms with van der Waals surface area (Å²) in [5, 5.41) is 0. The predicted octanol–water partition coefficient (Wildman–Crippen LogP) is 1.44. The van der Waals surface area contributed by atoms with Gasteiger partial charge in [-0.1, -0.05) is 0 Å². The molecule has 0 aromatic heterocycles. The van der Waals surface area contributed by atoms with Gasteiger partial charge in [-0.05, 0) is 31.5 Å². The van der Waals surface area contributed by atoms with Crippen LogP contribution in [0, 0.1) is 5.92 Å². The number of ether oxygens (including phenoxy) is 1. The van der Waals surface area contributed by atoms with Gasteiger partial charge in [-0.2, -0.15) is 0 Å². The van der Waals surface area contributed by atoms with Crippen LogP contribution in [0.2, 0.25) is 5.82 Å². The molecule has 1 aliphatic rings. The van der Waals surface area contributed by atoms with Crippen LogP contribution in [0.1, 0.15) is 19.8 Å². The van der Waals surface area contributed by atoms with Crippen molar-refractivity contribution in [1.29, 1.82) is 0 Å². The first-order valence-corrected chi connectivity index (χ1v) is 11.1. The zero-order valence-electron chi connectivity index (χ0n) is 13.7. The molecule has 0 spiro atoms. The van der Waals surface area contributed by atoms with Gasteiger partial charge in [0.1, 0.15) is 13.3 Å². The number of methoxy groups -OCH3 is 1. The Bertz CT molecular complexity index is 479. The molecule has 12 heteroatoms. The molecule has 0 heterocycles. The normalized spacial score (nSPS) is 34.7. The van der Waals surface area contributed by atoms with Crippen molar-refractivity contribution in [3.05, 3.63) is 0 Å². The molecule has 0 aliphatic heterocycles. The Labute approximate surface area is 143 Å². The van der Waals surface area contributed by atoms with E-state index >= 15 is 0 Å². The van der Waals surface area contributed by atoms with Crippen LogP contribution in [-0.2, 0) is 27.4 Å². The van der Waals surface area contributed by atoms with E-state index in [2.05, 4.69) is 17.2 Å². The second-order valence-electron chi connectivity index (χ2n) is 5.75. The van der Waals surface area contributed by atoms with E-state index in [4.69, 9.17) is 13.8 Å². The SMILES string of the molecule is B[C@@H]1C[C@H](CCP(=O)(O)OC)[C@@H](OP(=O)(O)O[C@H](C)S)[C@H]1OC. The average molecular weight is 390 g/mol. The lowest BCUT2D eigenvalue weighted by Crippen LogP contribution is -2.32. The van der Waals surface area contributed by atoms with Crippen LogP contribution in [0.5, 0.6) is 0 Å². The molecule has 0 aromatic rings. The third-order valence-corrected chi connectivity index (χ3v) is 6.66. The zero-order chi connectivity index (χ0) is 17.8. The van der Waals surface area contributed by atoms with Crippen molar-refractivity contribution in [3.8, 4) is 0 Å². The molecule has 0 radical (unpaired) electrons. The fraction of sp³-hybridized carbons (Fsp3) is 1.00. The summed E-state index contributed by atoms with van der Waals surface area (Å²) in [4.78, 5) is 19.3. The summed E-state index contributed by atoms with van der Waals surface area (Å²) in [7, 11) is -3.34. The average Bonchev–Trinajstić information content (AvgIpc) is 2.70. The Kier molecular flexibility index (Phi) is 8.32. The third-order valence-electron chi connectivity index (χ3n) is 3.90. The molecule has 0 aromatic carbocycles. The zero-order valence-corrected chi connectivity index (χ0v) is 16.4. The van der Waals surface area contributed by atoms with Crippen LogP contribution in [0.15, 0.2) is 0 Å². The number of thiol groups is 1. The summed E-state index contributed by atoms with van der Waals surface area (Å²) >= 11 is 3.91. The maximum absolute atomic E-state index is 12.0. The van der Waals surface area contributed by atoms with Gasteiger partial charge >= 0.3 is 15.4 Å². The van der Waals surface area contributed by atoms with E-state index in [1.54, 1.807) is 0 Å². The Morgan fingerprint density at radius 2 is 1.91 bits per heavy atom. The quantitative estimate of drug-likeness (QED) is 0.235. The maximum Gasteiger partial charge on any atom is 0.473 e. The van der Waals surface area contributed by atoms with Gasteiger partial charge in [0.05, 0.1) is 18.4 Å². The summed E-state index contributed by atoms with van der Waals surface area (Å²) in [6, 6.07) is 0. The molecule has 136 valence electrons. The van der Waals surface area contributed by atoms with E-state index in [9.17, 15) is 18.9 Å². The van der Waals surface area contributed by atoms with Crippen LogP contribution in [0.4, 0.5) is 0 Å². The molecule has 0 saturated heterocycles. The van der Waals surface area contributed by atoms with E-state index in [1.807, 2.05) is 7.85 Å². The second kappa shape index (κ2) is 8.83. The first-order valence-electron chi connectivity index (χ1n) is 7.29. The monoisotopic (exact) mass is 390 g/mol. The first-order chi connectivity index (χ1) is 10.5. The van der Waals surface area contributed by atoms with Crippen molar-refractivity contribution in [2.24, 2.45) is 5.92 Å². The van der Waals surface area contributed by atoms with Gasteiger partial charge in [0, 0.05) is 14.2 Å². The minimum Gasteiger partial charge on any atom is -0.379 e. The van der Waals surface area contributed by atoms with Crippen molar-refractivity contribution in [3.63, 3.8) is 0 Å². The summed E-state index contributed by atoms with van der Waals surface area (Å²) in [6.07, 6.45) is -0.220. The molecule has 23 heavy (non-hydrogen) atoms. The molecular weight excluding hydrogens is 365 g/mol. The number of hydrogen-bond acceptors (Lipinski definition) is 7. The lowest BCUT2D eigenvalue weighted by Gasteiger charge is -2.27. The van der Waals surface area contributed by atoms with Gasteiger partial charge in [-0.3, -0.25) is 13.6 Å². The summed E-state index contributed by atoms with van der Waals surface area (Å²) in [6.45, 7) is 1.50. The Morgan fingerprint density at radius 1 is 1.30 bits per heavy atom. The smallest absolute Gasteiger partial charge is 0.379 e. The van der Waals surface area contributed by atoms with Crippen molar-refractivity contribution < 1.29 is 37.2 Å². The largest absolute Gasteiger partial charge is 0.473 e. The van der Waals surface area contributed by atoms with Crippen LogP contribution >= 0.6 is 28.0 Å². The maximum atomic E-state index is 12.0. The molecule has 2 unspecified atom stereocenters. The standard InChI is InChI=1S/C11H25BO8P2S/c1-7(23)19-22(15,16)20-10-8(4-5-21(13,14)18-3)6-9(12)11(10)17-2/h7-11,23H,4-6,12H2,1-3H3,(H,13,14)(H,15,16)/t7-,8-,9+,10+,11-/m0/s1. The highest BCUT2D eigenvalue weighted by atomic mass is 32.1. The number of phosphoric acid groups is 1. The molecule has 1 rings (SSSR count). The van der Waals surface area contributed by atoms with Crippen LogP contribution in [0.3, 0.4) is 0 Å². The van der Waals surface area contributed by atoms with E-state index in [1.165, 1.54) is 21.1 Å². The molecular formula is C11H25BO8P2S. The van der Waals surface area contributed by atoms with Gasteiger partial charge in [0.15, 0.2) is 0 Å². The van der Waals surface area contributed by atoms with E-state index in [0.29, 0.717) is 12.8 Å². The van der Waals surface area contributed by atoms with Crippen LogP contribution < -0.4 is 0 Å². The summed E-state index contributed by atoms with van der Waals surface area (Å²) < 4.78 is 43.7. The molecule has 1 fully saturated rings. The Hall–Kier alpha value is 0.635. The second-order valence-corrected chi connectivity index (χ2v) is 9.92.